The molecule has 2 heterocycles. The normalized spacial score (nSPS) is 11.5. The maximum Gasteiger partial charge on any atom is 0.275 e. The van der Waals surface area contributed by atoms with Gasteiger partial charge in [0.1, 0.15) is 4.83 Å². The fourth-order valence-corrected chi connectivity index (χ4v) is 5.11. The van der Waals surface area contributed by atoms with E-state index in [0.717, 1.165) is 21.6 Å². The summed E-state index contributed by atoms with van der Waals surface area (Å²) >= 11 is 1.17. The Hall–Kier alpha value is -3.30. The molecular weight excluding hydrogens is 422 g/mol. The van der Waals surface area contributed by atoms with Crippen molar-refractivity contribution in [3.63, 3.8) is 0 Å². The van der Waals surface area contributed by atoms with Crippen LogP contribution in [0.1, 0.15) is 32.6 Å². The molecule has 1 N–H and O–H groups in total. The van der Waals surface area contributed by atoms with E-state index in [0.29, 0.717) is 5.56 Å². The van der Waals surface area contributed by atoms with E-state index < -0.39 is 15.9 Å². The molecular formula is C21H17N3O4S2. The van der Waals surface area contributed by atoms with Crippen LogP contribution >= 0.6 is 11.3 Å². The lowest BCUT2D eigenvalue weighted by atomic mass is 10.2. The number of hydrogen-bond acceptors (Lipinski definition) is 6. The minimum Gasteiger partial charge on any atom is -0.295 e. The number of carbonyl (C=O) groups is 2. The van der Waals surface area contributed by atoms with Crippen LogP contribution in [0.2, 0.25) is 0 Å². The molecule has 0 radical (unpaired) electrons. The number of benzene rings is 2. The summed E-state index contributed by atoms with van der Waals surface area (Å²) in [5.74, 6) is -0.887. The van der Waals surface area contributed by atoms with Crippen molar-refractivity contribution in [3.8, 4) is 5.69 Å². The zero-order valence-electron chi connectivity index (χ0n) is 16.1. The van der Waals surface area contributed by atoms with Gasteiger partial charge in [0.2, 0.25) is 0 Å². The van der Waals surface area contributed by atoms with Crippen LogP contribution in [0, 0.1) is 6.92 Å². The van der Waals surface area contributed by atoms with Crippen LogP contribution in [-0.2, 0) is 10.0 Å². The number of aromatic nitrogens is 2. The first-order valence-electron chi connectivity index (χ1n) is 8.99. The number of fused-ring (bicyclic) bond motifs is 1. The summed E-state index contributed by atoms with van der Waals surface area (Å²) < 4.78 is 29.0. The first kappa shape index (κ1) is 20.0. The Bertz CT molecular complexity index is 1370. The van der Waals surface area contributed by atoms with Crippen molar-refractivity contribution in [2.75, 3.05) is 0 Å². The number of sulfonamides is 1. The zero-order chi connectivity index (χ0) is 21.5. The van der Waals surface area contributed by atoms with E-state index in [1.165, 1.54) is 42.5 Å². The van der Waals surface area contributed by atoms with E-state index in [4.69, 9.17) is 0 Å². The Labute approximate surface area is 177 Å². The molecule has 0 atom stereocenters. The highest BCUT2D eigenvalue weighted by Gasteiger charge is 2.22. The third-order valence-electron chi connectivity index (χ3n) is 4.57. The first-order valence-corrected chi connectivity index (χ1v) is 11.3. The van der Waals surface area contributed by atoms with Crippen molar-refractivity contribution in [1.82, 2.24) is 14.5 Å². The van der Waals surface area contributed by atoms with Gasteiger partial charge in [-0.15, -0.1) is 11.3 Å². The fourth-order valence-electron chi connectivity index (χ4n) is 3.00. The standard InChI is InChI=1S/C21H17N3O4S2/c1-13-18-12-19(29-21(18)24(22-13)16-6-4-3-5-7-16)20(26)23-30(27,28)17-10-8-15(9-11-17)14(2)25/h3-12H,1-2H3,(H,23,26). The van der Waals surface area contributed by atoms with Gasteiger partial charge in [0, 0.05) is 10.9 Å². The van der Waals surface area contributed by atoms with Crippen molar-refractivity contribution in [2.45, 2.75) is 18.7 Å². The highest BCUT2D eigenvalue weighted by molar-refractivity contribution is 7.90. The second-order valence-corrected chi connectivity index (χ2v) is 9.39. The highest BCUT2D eigenvalue weighted by Crippen LogP contribution is 2.30. The first-order chi connectivity index (χ1) is 14.3. The van der Waals surface area contributed by atoms with Gasteiger partial charge >= 0.3 is 0 Å². The summed E-state index contributed by atoms with van der Waals surface area (Å²) in [7, 11) is -4.07. The van der Waals surface area contributed by atoms with Crippen molar-refractivity contribution in [1.29, 1.82) is 0 Å². The van der Waals surface area contributed by atoms with Gasteiger partial charge in [0.05, 0.1) is 21.2 Å². The number of rotatable bonds is 5. The van der Waals surface area contributed by atoms with Gasteiger partial charge in [-0.3, -0.25) is 9.59 Å². The maximum absolute atomic E-state index is 12.7. The molecule has 0 fully saturated rings. The van der Waals surface area contributed by atoms with Gasteiger partial charge < -0.3 is 0 Å². The van der Waals surface area contributed by atoms with E-state index in [1.54, 1.807) is 10.7 Å². The number of amides is 1. The van der Waals surface area contributed by atoms with Gasteiger partial charge in [-0.1, -0.05) is 30.3 Å². The van der Waals surface area contributed by atoms with E-state index in [1.807, 2.05) is 37.3 Å². The second-order valence-electron chi connectivity index (χ2n) is 6.68. The molecule has 2 aromatic heterocycles. The van der Waals surface area contributed by atoms with Crippen molar-refractivity contribution in [2.24, 2.45) is 0 Å². The number of Topliss-reactive ketones (excluding diaryl/α,β-unsaturated/α-hetero) is 1. The van der Waals surface area contributed by atoms with Crippen LogP contribution in [0.5, 0.6) is 0 Å². The predicted octanol–water partition coefficient (Wildman–Crippen LogP) is 3.72. The maximum atomic E-state index is 12.7. The Morgan fingerprint density at radius 1 is 1.03 bits per heavy atom. The van der Waals surface area contributed by atoms with Crippen LogP contribution in [0.4, 0.5) is 0 Å². The van der Waals surface area contributed by atoms with Crippen LogP contribution in [-0.4, -0.2) is 29.9 Å². The van der Waals surface area contributed by atoms with Crippen LogP contribution in [0.15, 0.2) is 65.6 Å². The van der Waals surface area contributed by atoms with Crippen molar-refractivity contribution in [3.05, 3.63) is 76.8 Å². The van der Waals surface area contributed by atoms with E-state index >= 15 is 0 Å². The number of para-hydroxylation sites is 1. The Morgan fingerprint density at radius 2 is 1.70 bits per heavy atom. The number of hydrogen-bond donors (Lipinski definition) is 1. The third kappa shape index (κ3) is 3.64. The lowest BCUT2D eigenvalue weighted by Crippen LogP contribution is -2.30. The Balaban J connectivity index is 1.64. The molecule has 0 saturated carbocycles. The lowest BCUT2D eigenvalue weighted by molar-refractivity contribution is 0.0982. The van der Waals surface area contributed by atoms with Crippen LogP contribution in [0.3, 0.4) is 0 Å². The van der Waals surface area contributed by atoms with Gasteiger partial charge in [0.15, 0.2) is 5.78 Å². The quantitative estimate of drug-likeness (QED) is 0.478. The molecule has 7 nitrogen and oxygen atoms in total. The summed E-state index contributed by atoms with van der Waals surface area (Å²) in [5.41, 5.74) is 1.99. The number of ketones is 1. The summed E-state index contributed by atoms with van der Waals surface area (Å²) in [6.45, 7) is 3.23. The number of carbonyl (C=O) groups excluding carboxylic acids is 2. The predicted molar refractivity (Wildman–Crippen MR) is 115 cm³/mol. The van der Waals surface area contributed by atoms with E-state index in [-0.39, 0.29) is 15.6 Å². The molecule has 2 aromatic carbocycles. The molecule has 30 heavy (non-hydrogen) atoms. The Morgan fingerprint density at radius 3 is 2.33 bits per heavy atom. The number of nitrogens with one attached hydrogen (secondary N) is 1. The van der Waals surface area contributed by atoms with Crippen molar-refractivity contribution >= 4 is 43.3 Å². The SMILES string of the molecule is CC(=O)c1ccc(S(=O)(=O)NC(=O)c2cc3c(C)nn(-c4ccccc4)c3s2)cc1. The molecule has 4 aromatic rings. The average Bonchev–Trinajstić information content (AvgIpc) is 3.29. The van der Waals surface area contributed by atoms with E-state index in [9.17, 15) is 18.0 Å². The van der Waals surface area contributed by atoms with Gasteiger partial charge in [0.25, 0.3) is 15.9 Å². The zero-order valence-corrected chi connectivity index (χ0v) is 17.8. The Kier molecular flexibility index (Phi) is 5.00. The summed E-state index contributed by atoms with van der Waals surface area (Å²) in [6, 6.07) is 16.6. The third-order valence-corrected chi connectivity index (χ3v) is 7.02. The number of nitrogens with zero attached hydrogens (tertiary/aromatic N) is 2. The van der Waals surface area contributed by atoms with Gasteiger partial charge in [-0.05, 0) is 44.2 Å². The van der Waals surface area contributed by atoms with Crippen LogP contribution < -0.4 is 4.72 Å². The van der Waals surface area contributed by atoms with E-state index in [2.05, 4.69) is 9.82 Å². The highest BCUT2D eigenvalue weighted by atomic mass is 32.2. The van der Waals surface area contributed by atoms with Gasteiger partial charge in [-0.25, -0.2) is 17.8 Å². The largest absolute Gasteiger partial charge is 0.295 e. The molecule has 0 bridgehead atoms. The number of aryl methyl sites for hydroxylation is 1. The molecule has 0 unspecified atom stereocenters. The molecule has 0 aliphatic carbocycles. The minimum absolute atomic E-state index is 0.0893. The summed E-state index contributed by atoms with van der Waals surface area (Å²) in [5, 5.41) is 5.30. The molecule has 9 heteroatoms. The fraction of sp³-hybridized carbons (Fsp3) is 0.0952. The second kappa shape index (κ2) is 7.51. The van der Waals surface area contributed by atoms with Crippen molar-refractivity contribution < 1.29 is 18.0 Å². The van der Waals surface area contributed by atoms with Gasteiger partial charge in [-0.2, -0.15) is 5.10 Å². The monoisotopic (exact) mass is 439 g/mol. The molecule has 0 spiro atoms. The topological polar surface area (TPSA) is 98.1 Å². The molecule has 0 aliphatic heterocycles. The molecule has 0 aliphatic rings. The molecule has 152 valence electrons. The smallest absolute Gasteiger partial charge is 0.275 e. The minimum atomic E-state index is -4.07. The van der Waals surface area contributed by atoms with Crippen LogP contribution in [0.25, 0.3) is 15.9 Å². The molecule has 1 amide bonds. The average molecular weight is 440 g/mol. The number of thiophene rings is 1. The summed E-state index contributed by atoms with van der Waals surface area (Å²) in [4.78, 5) is 25.0. The molecule has 4 rings (SSSR count). The molecule has 0 saturated heterocycles. The lowest BCUT2D eigenvalue weighted by Gasteiger charge is -2.06. The summed E-state index contributed by atoms with van der Waals surface area (Å²) in [6.07, 6.45) is 0.